The first-order valence-electron chi connectivity index (χ1n) is 8.05. The Morgan fingerprint density at radius 1 is 1.04 bits per heavy atom. The number of esters is 1. The molecule has 0 unspecified atom stereocenters. The van der Waals surface area contributed by atoms with Crippen molar-refractivity contribution in [2.24, 2.45) is 0 Å². The number of hydrogen-bond acceptors (Lipinski definition) is 5. The van der Waals surface area contributed by atoms with Crippen molar-refractivity contribution < 1.29 is 28.1 Å². The number of halogens is 1. The average molecular weight is 360 g/mol. The number of methoxy groups -OCH3 is 2. The van der Waals surface area contributed by atoms with E-state index in [2.05, 4.69) is 0 Å². The maximum Gasteiger partial charge on any atom is 0.331 e. The Bertz CT molecular complexity index is 786. The zero-order chi connectivity index (χ0) is 18.9. The van der Waals surface area contributed by atoms with Gasteiger partial charge in [0, 0.05) is 11.6 Å². The Morgan fingerprint density at radius 2 is 1.77 bits per heavy atom. The van der Waals surface area contributed by atoms with Crippen molar-refractivity contribution in [2.75, 3.05) is 20.8 Å². The maximum atomic E-state index is 13.3. The molecule has 5 nitrogen and oxygen atoms in total. The zero-order valence-corrected chi connectivity index (χ0v) is 15.0. The summed E-state index contributed by atoms with van der Waals surface area (Å²) in [6.07, 6.45) is 2.89. The lowest BCUT2D eigenvalue weighted by Crippen LogP contribution is -2.02. The first-order valence-corrected chi connectivity index (χ1v) is 8.05. The lowest BCUT2D eigenvalue weighted by atomic mass is 10.2. The highest BCUT2D eigenvalue weighted by Gasteiger charge is 2.08. The number of hydrogen-bond donors (Lipinski definition) is 0. The highest BCUT2D eigenvalue weighted by molar-refractivity contribution is 5.87. The van der Waals surface area contributed by atoms with Gasteiger partial charge < -0.3 is 18.9 Å². The molecule has 0 radical (unpaired) electrons. The molecule has 0 atom stereocenters. The van der Waals surface area contributed by atoms with Crippen LogP contribution in [-0.4, -0.2) is 26.8 Å². The van der Waals surface area contributed by atoms with Gasteiger partial charge >= 0.3 is 5.97 Å². The van der Waals surface area contributed by atoms with Crippen LogP contribution in [0.1, 0.15) is 18.1 Å². The molecular weight excluding hydrogens is 339 g/mol. The number of rotatable bonds is 8. The average Bonchev–Trinajstić information content (AvgIpc) is 2.65. The minimum Gasteiger partial charge on any atom is -0.496 e. The first-order chi connectivity index (χ1) is 12.6. The molecule has 0 spiro atoms. The number of carbonyl (C=O) groups excluding carboxylic acids is 1. The molecule has 26 heavy (non-hydrogen) atoms. The highest BCUT2D eigenvalue weighted by Crippen LogP contribution is 2.28. The first kappa shape index (κ1) is 19.3. The van der Waals surface area contributed by atoms with Gasteiger partial charge in [0.05, 0.1) is 20.8 Å². The molecule has 0 amide bonds. The normalized spacial score (nSPS) is 10.6. The monoisotopic (exact) mass is 360 g/mol. The molecule has 0 saturated heterocycles. The summed E-state index contributed by atoms with van der Waals surface area (Å²) in [7, 11) is 3.02. The van der Waals surface area contributed by atoms with Gasteiger partial charge in [-0.3, -0.25) is 0 Å². The summed E-state index contributed by atoms with van der Waals surface area (Å²) in [5, 5.41) is 0. The van der Waals surface area contributed by atoms with Crippen LogP contribution in [0.5, 0.6) is 17.2 Å². The number of ether oxygens (including phenoxy) is 4. The lowest BCUT2D eigenvalue weighted by molar-refractivity contribution is -0.138. The Labute approximate surface area is 151 Å². The number of benzene rings is 2. The molecule has 2 aromatic carbocycles. The lowest BCUT2D eigenvalue weighted by Gasteiger charge is -2.09. The Hall–Kier alpha value is -3.02. The van der Waals surface area contributed by atoms with Gasteiger partial charge in [0.15, 0.2) is 11.5 Å². The molecule has 0 N–H and O–H groups in total. The van der Waals surface area contributed by atoms with Crippen molar-refractivity contribution in [1.29, 1.82) is 0 Å². The van der Waals surface area contributed by atoms with Crippen LogP contribution in [-0.2, 0) is 16.1 Å². The van der Waals surface area contributed by atoms with E-state index < -0.39 is 11.8 Å². The minimum atomic E-state index is -0.552. The fourth-order valence-corrected chi connectivity index (χ4v) is 2.28. The summed E-state index contributed by atoms with van der Waals surface area (Å²) in [5.41, 5.74) is 1.21. The van der Waals surface area contributed by atoms with Crippen LogP contribution in [0.25, 0.3) is 6.08 Å². The number of carbonyl (C=O) groups is 1. The Kier molecular flexibility index (Phi) is 7.02. The van der Waals surface area contributed by atoms with Gasteiger partial charge in [0.1, 0.15) is 18.2 Å². The second-order valence-electron chi connectivity index (χ2n) is 5.24. The molecule has 0 saturated carbocycles. The molecule has 0 aliphatic rings. The van der Waals surface area contributed by atoms with Crippen molar-refractivity contribution in [3.05, 3.63) is 59.4 Å². The van der Waals surface area contributed by atoms with Crippen molar-refractivity contribution in [3.8, 4) is 17.2 Å². The predicted molar refractivity (Wildman–Crippen MR) is 95.9 cm³/mol. The van der Waals surface area contributed by atoms with Crippen molar-refractivity contribution >= 4 is 12.0 Å². The summed E-state index contributed by atoms with van der Waals surface area (Å²) in [5.74, 6) is 0.692. The van der Waals surface area contributed by atoms with Gasteiger partial charge in [-0.05, 0) is 48.9 Å². The Morgan fingerprint density at radius 3 is 2.46 bits per heavy atom. The van der Waals surface area contributed by atoms with Gasteiger partial charge in [-0.1, -0.05) is 6.07 Å². The van der Waals surface area contributed by atoms with Crippen LogP contribution < -0.4 is 14.2 Å². The molecule has 6 heteroatoms. The molecule has 0 bridgehead atoms. The second kappa shape index (κ2) is 9.46. The van der Waals surface area contributed by atoms with E-state index in [1.807, 2.05) is 6.92 Å². The molecule has 2 rings (SSSR count). The summed E-state index contributed by atoms with van der Waals surface area (Å²) in [6.45, 7) is 2.33. The predicted octanol–water partition coefficient (Wildman–Crippen LogP) is 4.00. The summed E-state index contributed by atoms with van der Waals surface area (Å²) in [6, 6.07) is 9.36. The Balaban J connectivity index is 2.00. The molecule has 0 aliphatic heterocycles. The SMILES string of the molecule is CCOc1ccc(/C=C/C(=O)OCc2cc(F)ccc2OC)cc1OC. The van der Waals surface area contributed by atoms with Crippen molar-refractivity contribution in [2.45, 2.75) is 13.5 Å². The largest absolute Gasteiger partial charge is 0.496 e. The standard InChI is InChI=1S/C20H21FO5/c1-4-25-18-8-5-14(11-19(18)24-3)6-10-20(22)26-13-15-12-16(21)7-9-17(15)23-2/h5-12H,4,13H2,1-3H3/b10-6+. The summed E-state index contributed by atoms with van der Waals surface area (Å²) >= 11 is 0. The van der Waals surface area contributed by atoms with Crippen LogP contribution in [0, 0.1) is 5.82 Å². The third kappa shape index (κ3) is 5.24. The molecule has 138 valence electrons. The topological polar surface area (TPSA) is 54.0 Å². The van der Waals surface area contributed by atoms with Gasteiger partial charge in [-0.2, -0.15) is 0 Å². The van der Waals surface area contributed by atoms with Crippen molar-refractivity contribution in [3.63, 3.8) is 0 Å². The van der Waals surface area contributed by atoms with Gasteiger partial charge in [-0.15, -0.1) is 0 Å². The van der Waals surface area contributed by atoms with E-state index in [1.54, 1.807) is 31.4 Å². The maximum absolute atomic E-state index is 13.3. The van der Waals surface area contributed by atoms with Gasteiger partial charge in [0.2, 0.25) is 0 Å². The van der Waals surface area contributed by atoms with Gasteiger partial charge in [0.25, 0.3) is 0 Å². The van der Waals surface area contributed by atoms with E-state index in [0.29, 0.717) is 29.4 Å². The van der Waals surface area contributed by atoms with E-state index in [1.165, 1.54) is 31.4 Å². The van der Waals surface area contributed by atoms with Crippen LogP contribution in [0.4, 0.5) is 4.39 Å². The third-order valence-corrected chi connectivity index (χ3v) is 3.51. The van der Waals surface area contributed by atoms with Crippen LogP contribution >= 0.6 is 0 Å². The molecule has 2 aromatic rings. The smallest absolute Gasteiger partial charge is 0.331 e. The second-order valence-corrected chi connectivity index (χ2v) is 5.24. The molecule has 0 heterocycles. The van der Waals surface area contributed by atoms with Crippen LogP contribution in [0.3, 0.4) is 0 Å². The van der Waals surface area contributed by atoms with Crippen LogP contribution in [0.2, 0.25) is 0 Å². The molecular formula is C20H21FO5. The van der Waals surface area contributed by atoms with E-state index in [9.17, 15) is 9.18 Å². The highest BCUT2D eigenvalue weighted by atomic mass is 19.1. The van der Waals surface area contributed by atoms with Crippen LogP contribution in [0.15, 0.2) is 42.5 Å². The van der Waals surface area contributed by atoms with Crippen molar-refractivity contribution in [1.82, 2.24) is 0 Å². The quantitative estimate of drug-likeness (QED) is 0.526. The minimum absolute atomic E-state index is 0.0866. The van der Waals surface area contributed by atoms with E-state index in [4.69, 9.17) is 18.9 Å². The molecule has 0 fully saturated rings. The summed E-state index contributed by atoms with van der Waals surface area (Å²) in [4.78, 5) is 11.9. The van der Waals surface area contributed by atoms with E-state index >= 15 is 0 Å². The molecule has 0 aliphatic carbocycles. The zero-order valence-electron chi connectivity index (χ0n) is 15.0. The fraction of sp³-hybridized carbons (Fsp3) is 0.250. The third-order valence-electron chi connectivity index (χ3n) is 3.51. The molecule has 0 aromatic heterocycles. The van der Waals surface area contributed by atoms with E-state index in [-0.39, 0.29) is 6.61 Å². The van der Waals surface area contributed by atoms with Gasteiger partial charge in [-0.25, -0.2) is 9.18 Å². The van der Waals surface area contributed by atoms with E-state index in [0.717, 1.165) is 5.56 Å². The summed E-state index contributed by atoms with van der Waals surface area (Å²) < 4.78 is 34.3. The fourth-order valence-electron chi connectivity index (χ4n) is 2.28.